The summed E-state index contributed by atoms with van der Waals surface area (Å²) >= 11 is 0. The van der Waals surface area contributed by atoms with Crippen LogP contribution < -0.4 is 5.32 Å². The van der Waals surface area contributed by atoms with Crippen LogP contribution in [0.3, 0.4) is 0 Å². The van der Waals surface area contributed by atoms with Gasteiger partial charge in [-0.05, 0) is 62.7 Å². The van der Waals surface area contributed by atoms with E-state index in [9.17, 15) is 4.79 Å². The van der Waals surface area contributed by atoms with Crippen molar-refractivity contribution in [1.82, 2.24) is 14.5 Å². The molecule has 0 atom stereocenters. The molecule has 0 aliphatic heterocycles. The first-order valence-corrected chi connectivity index (χ1v) is 8.82. The lowest BCUT2D eigenvalue weighted by molar-refractivity contribution is 0.102. The van der Waals surface area contributed by atoms with Crippen molar-refractivity contribution in [3.63, 3.8) is 0 Å². The van der Waals surface area contributed by atoms with Crippen molar-refractivity contribution in [2.75, 3.05) is 5.32 Å². The number of anilines is 1. The average molecular weight is 356 g/mol. The number of hydrogen-bond donors (Lipinski definition) is 1. The van der Waals surface area contributed by atoms with E-state index in [4.69, 9.17) is 0 Å². The molecule has 5 heteroatoms. The van der Waals surface area contributed by atoms with Gasteiger partial charge in [-0.3, -0.25) is 9.78 Å². The molecule has 0 saturated carbocycles. The number of amides is 1. The molecule has 3 aromatic heterocycles. The number of aryl methyl sites for hydroxylation is 2. The zero-order valence-electron chi connectivity index (χ0n) is 15.5. The second-order valence-electron chi connectivity index (χ2n) is 6.59. The van der Waals surface area contributed by atoms with Crippen molar-refractivity contribution < 1.29 is 4.79 Å². The summed E-state index contributed by atoms with van der Waals surface area (Å²) in [4.78, 5) is 21.8. The molecule has 134 valence electrons. The van der Waals surface area contributed by atoms with Gasteiger partial charge in [0.15, 0.2) is 0 Å². The molecule has 0 bridgehead atoms. The molecule has 1 amide bonds. The van der Waals surface area contributed by atoms with Gasteiger partial charge in [-0.1, -0.05) is 12.1 Å². The molecule has 0 unspecified atom stereocenters. The van der Waals surface area contributed by atoms with E-state index >= 15 is 0 Å². The summed E-state index contributed by atoms with van der Waals surface area (Å²) in [5, 5.41) is 3.98. The smallest absolute Gasteiger partial charge is 0.257 e. The topological polar surface area (TPSA) is 59.8 Å². The molecule has 5 nitrogen and oxygen atoms in total. The SMILES string of the molecule is Cc1ccc(NC(=O)c2cc(C)n(-c3ccccn3)c2C)c2cccnc12. The lowest BCUT2D eigenvalue weighted by Gasteiger charge is -2.11. The van der Waals surface area contributed by atoms with Gasteiger partial charge < -0.3 is 9.88 Å². The summed E-state index contributed by atoms with van der Waals surface area (Å²) in [6.45, 7) is 5.93. The molecule has 0 aliphatic rings. The van der Waals surface area contributed by atoms with Gasteiger partial charge in [0.2, 0.25) is 0 Å². The highest BCUT2D eigenvalue weighted by molar-refractivity contribution is 6.09. The number of pyridine rings is 2. The van der Waals surface area contributed by atoms with Gasteiger partial charge in [0, 0.05) is 29.2 Å². The van der Waals surface area contributed by atoms with Gasteiger partial charge in [-0.15, -0.1) is 0 Å². The van der Waals surface area contributed by atoms with E-state index in [0.717, 1.165) is 39.4 Å². The molecule has 27 heavy (non-hydrogen) atoms. The van der Waals surface area contributed by atoms with E-state index in [2.05, 4.69) is 15.3 Å². The second kappa shape index (κ2) is 6.68. The average Bonchev–Trinajstić information content (AvgIpc) is 2.99. The number of nitrogens with one attached hydrogen (secondary N) is 1. The van der Waals surface area contributed by atoms with Gasteiger partial charge in [-0.2, -0.15) is 0 Å². The molecule has 0 fully saturated rings. The Morgan fingerprint density at radius 1 is 0.963 bits per heavy atom. The van der Waals surface area contributed by atoms with Crippen molar-refractivity contribution in [2.24, 2.45) is 0 Å². The Hall–Kier alpha value is -3.47. The van der Waals surface area contributed by atoms with Crippen LogP contribution in [-0.4, -0.2) is 20.4 Å². The van der Waals surface area contributed by atoms with E-state index in [-0.39, 0.29) is 5.91 Å². The Labute approximate surface area is 157 Å². The molecule has 0 spiro atoms. The quantitative estimate of drug-likeness (QED) is 0.584. The van der Waals surface area contributed by atoms with E-state index in [1.165, 1.54) is 0 Å². The van der Waals surface area contributed by atoms with Crippen LogP contribution in [0.4, 0.5) is 5.69 Å². The summed E-state index contributed by atoms with van der Waals surface area (Å²) in [6.07, 6.45) is 3.51. The third kappa shape index (κ3) is 2.97. The highest BCUT2D eigenvalue weighted by Crippen LogP contribution is 2.26. The third-order valence-corrected chi connectivity index (χ3v) is 4.77. The maximum atomic E-state index is 13.0. The molecule has 4 rings (SSSR count). The van der Waals surface area contributed by atoms with Crippen LogP contribution in [0.1, 0.15) is 27.3 Å². The van der Waals surface area contributed by atoms with E-state index in [1.807, 2.05) is 73.9 Å². The van der Waals surface area contributed by atoms with Crippen LogP contribution in [0, 0.1) is 20.8 Å². The summed E-state index contributed by atoms with van der Waals surface area (Å²) in [5.74, 6) is 0.663. The number of carbonyl (C=O) groups is 1. The van der Waals surface area contributed by atoms with Crippen LogP contribution in [-0.2, 0) is 0 Å². The molecular weight excluding hydrogens is 336 g/mol. The van der Waals surface area contributed by atoms with Gasteiger partial charge in [-0.25, -0.2) is 4.98 Å². The number of aromatic nitrogens is 3. The fourth-order valence-electron chi connectivity index (χ4n) is 3.44. The Kier molecular flexibility index (Phi) is 4.20. The number of nitrogens with zero attached hydrogens (tertiary/aromatic N) is 3. The Balaban J connectivity index is 1.72. The van der Waals surface area contributed by atoms with Crippen molar-refractivity contribution in [1.29, 1.82) is 0 Å². The Morgan fingerprint density at radius 2 is 1.78 bits per heavy atom. The predicted molar refractivity (Wildman–Crippen MR) is 107 cm³/mol. The molecule has 0 radical (unpaired) electrons. The maximum Gasteiger partial charge on any atom is 0.257 e. The number of rotatable bonds is 3. The Morgan fingerprint density at radius 3 is 2.56 bits per heavy atom. The fraction of sp³-hybridized carbons (Fsp3) is 0.136. The molecule has 4 aromatic rings. The lowest BCUT2D eigenvalue weighted by Crippen LogP contribution is -2.13. The minimum absolute atomic E-state index is 0.140. The predicted octanol–water partition coefficient (Wildman–Crippen LogP) is 4.60. The third-order valence-electron chi connectivity index (χ3n) is 4.77. The van der Waals surface area contributed by atoms with Crippen LogP contribution in [0.2, 0.25) is 0 Å². The largest absolute Gasteiger partial charge is 0.321 e. The molecule has 0 aliphatic carbocycles. The fourth-order valence-corrected chi connectivity index (χ4v) is 3.44. The number of fused-ring (bicyclic) bond motifs is 1. The maximum absolute atomic E-state index is 13.0. The Bertz CT molecular complexity index is 1150. The van der Waals surface area contributed by atoms with Gasteiger partial charge in [0.1, 0.15) is 5.82 Å². The van der Waals surface area contributed by atoms with E-state index in [1.54, 1.807) is 12.4 Å². The van der Waals surface area contributed by atoms with Gasteiger partial charge in [0.05, 0.1) is 16.8 Å². The summed E-state index contributed by atoms with van der Waals surface area (Å²) in [5.41, 5.74) is 5.20. The second-order valence-corrected chi connectivity index (χ2v) is 6.59. The zero-order valence-corrected chi connectivity index (χ0v) is 15.5. The molecular formula is C22H20N4O. The first kappa shape index (κ1) is 17.0. The van der Waals surface area contributed by atoms with Crippen molar-refractivity contribution >= 4 is 22.5 Å². The van der Waals surface area contributed by atoms with Gasteiger partial charge >= 0.3 is 0 Å². The minimum Gasteiger partial charge on any atom is -0.321 e. The minimum atomic E-state index is -0.140. The summed E-state index contributed by atoms with van der Waals surface area (Å²) in [6, 6.07) is 15.4. The summed E-state index contributed by atoms with van der Waals surface area (Å²) < 4.78 is 1.99. The van der Waals surface area contributed by atoms with Crippen LogP contribution in [0.25, 0.3) is 16.7 Å². The number of carbonyl (C=O) groups excluding carboxylic acids is 1. The monoisotopic (exact) mass is 356 g/mol. The van der Waals surface area contributed by atoms with E-state index < -0.39 is 0 Å². The first-order valence-electron chi connectivity index (χ1n) is 8.82. The van der Waals surface area contributed by atoms with Crippen LogP contribution in [0.15, 0.2) is 60.9 Å². The van der Waals surface area contributed by atoms with Crippen molar-refractivity contribution in [3.05, 3.63) is 83.4 Å². The van der Waals surface area contributed by atoms with Crippen molar-refractivity contribution in [2.45, 2.75) is 20.8 Å². The first-order chi connectivity index (χ1) is 13.1. The normalized spacial score (nSPS) is 10.9. The van der Waals surface area contributed by atoms with Crippen LogP contribution >= 0.6 is 0 Å². The lowest BCUT2D eigenvalue weighted by atomic mass is 10.1. The number of benzene rings is 1. The van der Waals surface area contributed by atoms with E-state index in [0.29, 0.717) is 5.56 Å². The number of hydrogen-bond acceptors (Lipinski definition) is 3. The molecule has 3 heterocycles. The highest BCUT2D eigenvalue weighted by Gasteiger charge is 2.18. The highest BCUT2D eigenvalue weighted by atomic mass is 16.1. The molecule has 0 saturated heterocycles. The summed E-state index contributed by atoms with van der Waals surface area (Å²) in [7, 11) is 0. The van der Waals surface area contributed by atoms with Crippen molar-refractivity contribution in [3.8, 4) is 5.82 Å². The van der Waals surface area contributed by atoms with Crippen LogP contribution in [0.5, 0.6) is 0 Å². The van der Waals surface area contributed by atoms with Gasteiger partial charge in [0.25, 0.3) is 5.91 Å². The standard InChI is InChI=1S/C22H20N4O/c1-14-9-10-19(17-7-6-12-24-21(14)17)25-22(27)18-13-15(2)26(16(18)3)20-8-4-5-11-23-20/h4-13H,1-3H3,(H,25,27). The zero-order chi connectivity index (χ0) is 19.0. The molecule has 1 N–H and O–H groups in total. The molecule has 1 aromatic carbocycles.